The lowest BCUT2D eigenvalue weighted by atomic mass is 10.3. The van der Waals surface area contributed by atoms with Crippen molar-refractivity contribution in [2.45, 2.75) is 11.0 Å². The van der Waals surface area contributed by atoms with Crippen molar-refractivity contribution in [3.63, 3.8) is 0 Å². The molecule has 2 aromatic heterocycles. The number of para-hydroxylation sites is 2. The molecule has 1 aromatic carbocycles. The number of nitrogen functional groups attached to an aromatic ring is 1. The summed E-state index contributed by atoms with van der Waals surface area (Å²) in [5, 5.41) is 0.647. The molecule has 3 rings (SSSR count). The Kier molecular flexibility index (Phi) is 3.35. The highest BCUT2D eigenvalue weighted by atomic mass is 32.2. The number of hydrogen-bond donors (Lipinski definition) is 2. The predicted octanol–water partition coefficient (Wildman–Crippen LogP) is 2.80. The van der Waals surface area contributed by atoms with Crippen LogP contribution in [-0.4, -0.2) is 9.97 Å². The molecule has 0 fully saturated rings. The monoisotopic (exact) mass is 272 g/mol. The van der Waals surface area contributed by atoms with Crippen LogP contribution >= 0.6 is 11.8 Å². The first-order chi connectivity index (χ1) is 9.35. The van der Waals surface area contributed by atoms with E-state index >= 15 is 0 Å². The first-order valence-electron chi connectivity index (χ1n) is 5.75. The number of thioether (sulfide) groups is 1. The lowest BCUT2D eigenvalue weighted by Gasteiger charge is -2.01. The summed E-state index contributed by atoms with van der Waals surface area (Å²) in [7, 11) is 0. The summed E-state index contributed by atoms with van der Waals surface area (Å²) in [6.07, 6.45) is 1.72. The number of nitrogens with zero attached hydrogens (tertiary/aromatic N) is 2. The van der Waals surface area contributed by atoms with Gasteiger partial charge in [-0.2, -0.15) is 0 Å². The van der Waals surface area contributed by atoms with Gasteiger partial charge in [-0.15, -0.1) is 0 Å². The lowest BCUT2D eigenvalue weighted by Crippen LogP contribution is -2.07. The second-order valence-corrected chi connectivity index (χ2v) is 4.84. The Morgan fingerprint density at radius 1 is 1.26 bits per heavy atom. The van der Waals surface area contributed by atoms with E-state index in [1.54, 1.807) is 6.20 Å². The Morgan fingerprint density at radius 2 is 2.16 bits per heavy atom. The first-order valence-corrected chi connectivity index (χ1v) is 6.73. The van der Waals surface area contributed by atoms with Gasteiger partial charge < -0.3 is 9.84 Å². The maximum absolute atomic E-state index is 5.63. The summed E-state index contributed by atoms with van der Waals surface area (Å²) in [5.74, 6) is 6.04. The molecule has 0 spiro atoms. The number of benzene rings is 1. The largest absolute Gasteiger partial charge is 0.431 e. The fourth-order valence-corrected chi connectivity index (χ4v) is 2.44. The average Bonchev–Trinajstić information content (AvgIpc) is 2.88. The molecule has 0 aliphatic carbocycles. The van der Waals surface area contributed by atoms with Gasteiger partial charge >= 0.3 is 0 Å². The highest BCUT2D eigenvalue weighted by Crippen LogP contribution is 2.25. The number of fused-ring (bicyclic) bond motifs is 1. The molecule has 0 radical (unpaired) electrons. The number of aromatic nitrogens is 2. The fourth-order valence-electron chi connectivity index (χ4n) is 1.70. The molecule has 6 heteroatoms. The van der Waals surface area contributed by atoms with E-state index < -0.39 is 0 Å². The minimum Gasteiger partial charge on any atom is -0.431 e. The van der Waals surface area contributed by atoms with Gasteiger partial charge in [0.05, 0.1) is 11.4 Å². The van der Waals surface area contributed by atoms with Crippen molar-refractivity contribution < 1.29 is 4.42 Å². The van der Waals surface area contributed by atoms with E-state index in [1.807, 2.05) is 36.4 Å². The van der Waals surface area contributed by atoms with Gasteiger partial charge in [0.25, 0.3) is 5.22 Å². The van der Waals surface area contributed by atoms with E-state index in [9.17, 15) is 0 Å². The van der Waals surface area contributed by atoms with Gasteiger partial charge in [-0.25, -0.2) is 4.98 Å². The second-order valence-electron chi connectivity index (χ2n) is 3.92. The normalized spacial score (nSPS) is 10.8. The number of anilines is 1. The molecule has 0 unspecified atom stereocenters. The predicted molar refractivity (Wildman–Crippen MR) is 75.6 cm³/mol. The van der Waals surface area contributed by atoms with E-state index in [0.717, 1.165) is 22.5 Å². The zero-order valence-electron chi connectivity index (χ0n) is 10.0. The van der Waals surface area contributed by atoms with Gasteiger partial charge in [-0.05, 0) is 24.3 Å². The number of hydrazine groups is 1. The highest BCUT2D eigenvalue weighted by molar-refractivity contribution is 7.98. The average molecular weight is 272 g/mol. The van der Waals surface area contributed by atoms with Crippen molar-refractivity contribution >= 4 is 28.5 Å². The van der Waals surface area contributed by atoms with E-state index in [0.29, 0.717) is 11.0 Å². The summed E-state index contributed by atoms with van der Waals surface area (Å²) in [6, 6.07) is 11.4. The standard InChI is InChI=1S/C13H12N4OS/c14-17-9-5-6-15-10(7-9)8-19-13-16-11-3-1-2-4-12(11)18-13/h1-7H,8,14H2,(H,15,17). The third-order valence-electron chi connectivity index (χ3n) is 2.60. The summed E-state index contributed by atoms with van der Waals surface area (Å²) in [5.41, 5.74) is 6.03. The SMILES string of the molecule is NNc1ccnc(CSc2nc3ccccc3o2)c1. The van der Waals surface area contributed by atoms with Gasteiger partial charge in [0.1, 0.15) is 5.52 Å². The lowest BCUT2D eigenvalue weighted by molar-refractivity contribution is 0.489. The Labute approximate surface area is 114 Å². The van der Waals surface area contributed by atoms with E-state index in [4.69, 9.17) is 10.3 Å². The molecule has 96 valence electrons. The number of hydrogen-bond acceptors (Lipinski definition) is 6. The smallest absolute Gasteiger partial charge is 0.257 e. The number of nitrogens with one attached hydrogen (secondary N) is 1. The van der Waals surface area contributed by atoms with Crippen LogP contribution in [0.15, 0.2) is 52.2 Å². The number of oxazole rings is 1. The summed E-state index contributed by atoms with van der Waals surface area (Å²) >= 11 is 1.51. The molecule has 3 aromatic rings. The van der Waals surface area contributed by atoms with Crippen molar-refractivity contribution in [3.8, 4) is 0 Å². The van der Waals surface area contributed by atoms with Crippen LogP contribution in [0.1, 0.15) is 5.69 Å². The third kappa shape index (κ3) is 2.69. The van der Waals surface area contributed by atoms with E-state index in [2.05, 4.69) is 15.4 Å². The summed E-state index contributed by atoms with van der Waals surface area (Å²) in [6.45, 7) is 0. The molecule has 3 N–H and O–H groups in total. The van der Waals surface area contributed by atoms with Gasteiger partial charge in [0.2, 0.25) is 0 Å². The molecule has 0 saturated carbocycles. The molecule has 0 atom stereocenters. The van der Waals surface area contributed by atoms with E-state index in [-0.39, 0.29) is 0 Å². The minimum absolute atomic E-state index is 0.647. The summed E-state index contributed by atoms with van der Waals surface area (Å²) < 4.78 is 5.63. The van der Waals surface area contributed by atoms with Gasteiger partial charge in [-0.3, -0.25) is 10.8 Å². The van der Waals surface area contributed by atoms with Crippen molar-refractivity contribution in [1.29, 1.82) is 0 Å². The van der Waals surface area contributed by atoms with Crippen LogP contribution in [0.5, 0.6) is 0 Å². The molecule has 0 saturated heterocycles. The maximum atomic E-state index is 5.63. The molecule has 0 aliphatic heterocycles. The molecule has 5 nitrogen and oxygen atoms in total. The van der Waals surface area contributed by atoms with Crippen LogP contribution in [0.2, 0.25) is 0 Å². The van der Waals surface area contributed by atoms with Gasteiger partial charge in [0, 0.05) is 11.9 Å². The minimum atomic E-state index is 0.647. The van der Waals surface area contributed by atoms with Crippen LogP contribution in [0, 0.1) is 0 Å². The zero-order chi connectivity index (χ0) is 13.1. The molecule has 0 aliphatic rings. The quantitative estimate of drug-likeness (QED) is 0.432. The Morgan fingerprint density at radius 3 is 3.00 bits per heavy atom. The zero-order valence-corrected chi connectivity index (χ0v) is 10.9. The van der Waals surface area contributed by atoms with Crippen LogP contribution in [0.25, 0.3) is 11.1 Å². The maximum Gasteiger partial charge on any atom is 0.257 e. The van der Waals surface area contributed by atoms with Crippen LogP contribution in [-0.2, 0) is 5.75 Å². The van der Waals surface area contributed by atoms with Crippen molar-refractivity contribution in [2.24, 2.45) is 5.84 Å². The highest BCUT2D eigenvalue weighted by Gasteiger charge is 2.06. The molecular formula is C13H12N4OS. The van der Waals surface area contributed by atoms with Crippen LogP contribution in [0.4, 0.5) is 5.69 Å². The van der Waals surface area contributed by atoms with Gasteiger partial charge in [-0.1, -0.05) is 23.9 Å². The van der Waals surface area contributed by atoms with E-state index in [1.165, 1.54) is 11.8 Å². The Hall–Kier alpha value is -2.05. The van der Waals surface area contributed by atoms with Crippen molar-refractivity contribution in [1.82, 2.24) is 9.97 Å². The fraction of sp³-hybridized carbons (Fsp3) is 0.0769. The summed E-state index contributed by atoms with van der Waals surface area (Å²) in [4.78, 5) is 8.67. The first kappa shape index (κ1) is 12.0. The topological polar surface area (TPSA) is 77.0 Å². The van der Waals surface area contributed by atoms with Crippen LogP contribution in [0.3, 0.4) is 0 Å². The number of nitrogens with two attached hydrogens (primary N) is 1. The van der Waals surface area contributed by atoms with Crippen LogP contribution < -0.4 is 11.3 Å². The Bertz CT molecular complexity index is 665. The number of pyridine rings is 1. The van der Waals surface area contributed by atoms with Crippen molar-refractivity contribution in [3.05, 3.63) is 48.3 Å². The second kappa shape index (κ2) is 5.29. The molecular weight excluding hydrogens is 260 g/mol. The molecule has 0 bridgehead atoms. The van der Waals surface area contributed by atoms with Crippen molar-refractivity contribution in [2.75, 3.05) is 5.43 Å². The molecule has 2 heterocycles. The number of rotatable bonds is 4. The Balaban J connectivity index is 1.74. The van der Waals surface area contributed by atoms with Gasteiger partial charge in [0.15, 0.2) is 5.58 Å². The molecule has 19 heavy (non-hydrogen) atoms. The third-order valence-corrected chi connectivity index (χ3v) is 3.46. The molecule has 0 amide bonds.